The number of carbonyl (C=O) groups is 1. The van der Waals surface area contributed by atoms with E-state index in [-0.39, 0.29) is 13.0 Å². The molecule has 1 aromatic carbocycles. The number of hydrogen-bond acceptors (Lipinski definition) is 5. The number of carbonyl (C=O) groups excluding carboxylic acids is 1. The Labute approximate surface area is 156 Å². The molecule has 1 amide bonds. The average Bonchev–Trinajstić information content (AvgIpc) is 2.64. The quantitative estimate of drug-likeness (QED) is 0.675. The molecule has 1 unspecified atom stereocenters. The monoisotopic (exact) mass is 397 g/mol. The van der Waals surface area contributed by atoms with Crippen LogP contribution in [0.15, 0.2) is 53.7 Å². The maximum absolute atomic E-state index is 13.8. The van der Waals surface area contributed by atoms with Crippen molar-refractivity contribution in [1.29, 1.82) is 0 Å². The number of aromatic nitrogens is 1. The Morgan fingerprint density at radius 1 is 1.23 bits per heavy atom. The molecular formula is C17H20FN3O3S2. The van der Waals surface area contributed by atoms with E-state index in [0.717, 1.165) is 17.7 Å². The second-order valence-corrected chi connectivity index (χ2v) is 8.13. The van der Waals surface area contributed by atoms with Crippen LogP contribution >= 0.6 is 11.8 Å². The predicted octanol–water partition coefficient (Wildman–Crippen LogP) is 1.94. The van der Waals surface area contributed by atoms with Crippen LogP contribution in [0.3, 0.4) is 0 Å². The molecule has 26 heavy (non-hydrogen) atoms. The smallest absolute Gasteiger partial charge is 0.244 e. The number of halogens is 1. The SMILES string of the molecule is CSCCC(NS(=O)(=O)c1ccccc1F)C(=O)NCc1ccncc1. The molecule has 140 valence electrons. The van der Waals surface area contributed by atoms with Gasteiger partial charge in [-0.25, -0.2) is 12.8 Å². The lowest BCUT2D eigenvalue weighted by atomic mass is 10.2. The van der Waals surface area contributed by atoms with E-state index in [1.807, 2.05) is 6.26 Å². The first-order valence-corrected chi connectivity index (χ1v) is 10.7. The summed E-state index contributed by atoms with van der Waals surface area (Å²) in [6.07, 6.45) is 5.36. The topological polar surface area (TPSA) is 88.2 Å². The lowest BCUT2D eigenvalue weighted by Crippen LogP contribution is -2.46. The van der Waals surface area contributed by atoms with E-state index in [0.29, 0.717) is 5.75 Å². The summed E-state index contributed by atoms with van der Waals surface area (Å²) in [5, 5.41) is 2.70. The van der Waals surface area contributed by atoms with Gasteiger partial charge in [0, 0.05) is 18.9 Å². The lowest BCUT2D eigenvalue weighted by molar-refractivity contribution is -0.122. The summed E-state index contributed by atoms with van der Waals surface area (Å²) in [4.78, 5) is 15.9. The van der Waals surface area contributed by atoms with Crippen LogP contribution in [0.4, 0.5) is 4.39 Å². The zero-order chi connectivity index (χ0) is 19.0. The Balaban J connectivity index is 2.10. The van der Waals surface area contributed by atoms with Gasteiger partial charge in [0.15, 0.2) is 0 Å². The number of rotatable bonds is 9. The molecule has 0 saturated heterocycles. The lowest BCUT2D eigenvalue weighted by Gasteiger charge is -2.18. The molecule has 1 atom stereocenters. The minimum atomic E-state index is -4.15. The number of hydrogen-bond donors (Lipinski definition) is 2. The highest BCUT2D eigenvalue weighted by Crippen LogP contribution is 2.15. The van der Waals surface area contributed by atoms with Crippen molar-refractivity contribution in [2.45, 2.75) is 23.9 Å². The number of thioether (sulfide) groups is 1. The molecule has 0 aliphatic heterocycles. The van der Waals surface area contributed by atoms with E-state index in [2.05, 4.69) is 15.0 Å². The van der Waals surface area contributed by atoms with Crippen molar-refractivity contribution in [3.63, 3.8) is 0 Å². The number of benzene rings is 1. The van der Waals surface area contributed by atoms with E-state index >= 15 is 0 Å². The van der Waals surface area contributed by atoms with Crippen molar-refractivity contribution in [3.05, 3.63) is 60.2 Å². The minimum Gasteiger partial charge on any atom is -0.351 e. The van der Waals surface area contributed by atoms with Crippen LogP contribution < -0.4 is 10.0 Å². The normalized spacial score (nSPS) is 12.5. The van der Waals surface area contributed by atoms with Gasteiger partial charge in [-0.1, -0.05) is 12.1 Å². The van der Waals surface area contributed by atoms with Gasteiger partial charge in [-0.15, -0.1) is 0 Å². The number of nitrogens with one attached hydrogen (secondary N) is 2. The van der Waals surface area contributed by atoms with Crippen LogP contribution in [0.25, 0.3) is 0 Å². The van der Waals surface area contributed by atoms with Gasteiger partial charge in [-0.3, -0.25) is 9.78 Å². The summed E-state index contributed by atoms with van der Waals surface area (Å²) in [7, 11) is -4.15. The second kappa shape index (κ2) is 9.65. The third kappa shape index (κ3) is 5.79. The molecule has 0 saturated carbocycles. The van der Waals surface area contributed by atoms with E-state index in [9.17, 15) is 17.6 Å². The van der Waals surface area contributed by atoms with Gasteiger partial charge in [-0.2, -0.15) is 16.5 Å². The highest BCUT2D eigenvalue weighted by atomic mass is 32.2. The minimum absolute atomic E-state index is 0.249. The molecule has 1 heterocycles. The van der Waals surface area contributed by atoms with Gasteiger partial charge >= 0.3 is 0 Å². The first-order valence-electron chi connectivity index (χ1n) is 7.86. The number of sulfonamides is 1. The van der Waals surface area contributed by atoms with E-state index in [1.165, 1.54) is 23.9 Å². The first-order chi connectivity index (χ1) is 12.4. The van der Waals surface area contributed by atoms with Crippen LogP contribution in [0, 0.1) is 5.82 Å². The fourth-order valence-electron chi connectivity index (χ4n) is 2.21. The summed E-state index contributed by atoms with van der Waals surface area (Å²) >= 11 is 1.49. The van der Waals surface area contributed by atoms with Crippen LogP contribution in [0.5, 0.6) is 0 Å². The van der Waals surface area contributed by atoms with E-state index < -0.39 is 32.7 Å². The zero-order valence-corrected chi connectivity index (χ0v) is 15.8. The maximum Gasteiger partial charge on any atom is 0.244 e. The number of amides is 1. The first kappa shape index (κ1) is 20.3. The Morgan fingerprint density at radius 3 is 2.58 bits per heavy atom. The van der Waals surface area contributed by atoms with Gasteiger partial charge in [-0.05, 0) is 48.3 Å². The Morgan fingerprint density at radius 2 is 1.92 bits per heavy atom. The van der Waals surface area contributed by atoms with Crippen molar-refractivity contribution in [1.82, 2.24) is 15.0 Å². The average molecular weight is 397 g/mol. The third-order valence-electron chi connectivity index (χ3n) is 3.57. The van der Waals surface area contributed by atoms with Crippen LogP contribution in [0.2, 0.25) is 0 Å². The van der Waals surface area contributed by atoms with Crippen molar-refractivity contribution in [2.75, 3.05) is 12.0 Å². The molecule has 0 aliphatic carbocycles. The standard InChI is InChI=1S/C17H20FN3O3S2/c1-25-11-8-15(17(22)20-12-13-6-9-19-10-7-13)21-26(23,24)16-5-3-2-4-14(16)18/h2-7,9-10,15,21H,8,11-12H2,1H3,(H,20,22). The molecule has 0 fully saturated rings. The van der Waals surface area contributed by atoms with Crippen LogP contribution in [-0.4, -0.2) is 37.4 Å². The third-order valence-corrected chi connectivity index (χ3v) is 5.72. The molecule has 0 spiro atoms. The summed E-state index contributed by atoms with van der Waals surface area (Å²) in [5.41, 5.74) is 0.842. The highest BCUT2D eigenvalue weighted by molar-refractivity contribution is 7.98. The molecule has 6 nitrogen and oxygen atoms in total. The molecule has 0 aliphatic rings. The molecular weight excluding hydrogens is 377 g/mol. The Bertz CT molecular complexity index is 832. The predicted molar refractivity (Wildman–Crippen MR) is 99.6 cm³/mol. The van der Waals surface area contributed by atoms with Gasteiger partial charge in [0.1, 0.15) is 16.8 Å². The van der Waals surface area contributed by atoms with Gasteiger partial charge in [0.05, 0.1) is 0 Å². The second-order valence-electron chi connectivity index (χ2n) is 5.46. The van der Waals surface area contributed by atoms with Gasteiger partial charge in [0.2, 0.25) is 15.9 Å². The van der Waals surface area contributed by atoms with Crippen molar-refractivity contribution < 1.29 is 17.6 Å². The van der Waals surface area contributed by atoms with Gasteiger partial charge in [0.25, 0.3) is 0 Å². The Kier molecular flexibility index (Phi) is 7.55. The summed E-state index contributed by atoms with van der Waals surface area (Å²) < 4.78 is 41.1. The maximum atomic E-state index is 13.8. The van der Waals surface area contributed by atoms with Gasteiger partial charge < -0.3 is 5.32 Å². The van der Waals surface area contributed by atoms with Crippen LogP contribution in [0.1, 0.15) is 12.0 Å². The molecule has 2 aromatic rings. The van der Waals surface area contributed by atoms with E-state index in [1.54, 1.807) is 24.5 Å². The van der Waals surface area contributed by atoms with Crippen molar-refractivity contribution in [3.8, 4) is 0 Å². The van der Waals surface area contributed by atoms with E-state index in [4.69, 9.17) is 0 Å². The fourth-order valence-corrected chi connectivity index (χ4v) is 3.99. The Hall–Kier alpha value is -1.97. The molecule has 0 radical (unpaired) electrons. The largest absolute Gasteiger partial charge is 0.351 e. The number of pyridine rings is 1. The number of nitrogens with zero attached hydrogens (tertiary/aromatic N) is 1. The molecule has 9 heteroatoms. The summed E-state index contributed by atoms with van der Waals surface area (Å²) in [5.74, 6) is -0.746. The van der Waals surface area contributed by atoms with Crippen LogP contribution in [-0.2, 0) is 21.4 Å². The summed E-state index contributed by atoms with van der Waals surface area (Å²) in [6.45, 7) is 0.249. The summed E-state index contributed by atoms with van der Waals surface area (Å²) in [6, 6.07) is 7.57. The fraction of sp³-hybridized carbons (Fsp3) is 0.294. The molecule has 2 N–H and O–H groups in total. The van der Waals surface area contributed by atoms with Crippen molar-refractivity contribution >= 4 is 27.7 Å². The van der Waals surface area contributed by atoms with Crippen molar-refractivity contribution in [2.24, 2.45) is 0 Å². The zero-order valence-electron chi connectivity index (χ0n) is 14.2. The molecule has 1 aromatic heterocycles. The molecule has 2 rings (SSSR count). The molecule has 0 bridgehead atoms. The highest BCUT2D eigenvalue weighted by Gasteiger charge is 2.27.